The van der Waals surface area contributed by atoms with Crippen LogP contribution in [0.25, 0.3) is 0 Å². The van der Waals surface area contributed by atoms with Crippen molar-refractivity contribution < 1.29 is 14.5 Å². The van der Waals surface area contributed by atoms with Crippen LogP contribution in [0.4, 0.5) is 17.1 Å². The molecule has 180 valence electrons. The van der Waals surface area contributed by atoms with E-state index in [-0.39, 0.29) is 17.5 Å². The van der Waals surface area contributed by atoms with Crippen LogP contribution in [0.2, 0.25) is 5.02 Å². The number of nitrogens with one attached hydrogen (secondary N) is 2. The first-order valence-corrected chi connectivity index (χ1v) is 12.1. The Morgan fingerprint density at radius 2 is 1.44 bits per heavy atom. The van der Waals surface area contributed by atoms with Gasteiger partial charge in [-0.25, -0.2) is 0 Å². The number of benzene rings is 4. The fourth-order valence-corrected chi connectivity index (χ4v) is 4.56. The van der Waals surface area contributed by atoms with Gasteiger partial charge < -0.3 is 10.6 Å². The molecule has 1 atom stereocenters. The normalized spacial score (nSPS) is 11.4. The summed E-state index contributed by atoms with van der Waals surface area (Å²) < 4.78 is 0. The lowest BCUT2D eigenvalue weighted by Crippen LogP contribution is -2.19. The highest BCUT2D eigenvalue weighted by molar-refractivity contribution is 8.00. The zero-order valence-corrected chi connectivity index (χ0v) is 20.3. The number of carbonyl (C=O) groups is 2. The molecule has 0 fully saturated rings. The van der Waals surface area contributed by atoms with E-state index in [0.717, 1.165) is 10.5 Å². The maximum atomic E-state index is 13.2. The van der Waals surface area contributed by atoms with E-state index in [1.165, 1.54) is 36.0 Å². The molecule has 36 heavy (non-hydrogen) atoms. The van der Waals surface area contributed by atoms with Gasteiger partial charge in [0, 0.05) is 28.3 Å². The SMILES string of the molecule is O=C(Nc1ccc(SC(C(=O)Nc2ccccc2Cl)c2ccccc2)cc1)c1ccc([N+](=O)[O-])cc1. The summed E-state index contributed by atoms with van der Waals surface area (Å²) in [6.07, 6.45) is 0. The lowest BCUT2D eigenvalue weighted by molar-refractivity contribution is -0.384. The Bertz CT molecular complexity index is 1380. The number of hydrogen-bond donors (Lipinski definition) is 2. The minimum atomic E-state index is -0.539. The molecule has 0 radical (unpaired) electrons. The second-order valence-corrected chi connectivity index (χ2v) is 9.25. The molecule has 0 aliphatic carbocycles. The van der Waals surface area contributed by atoms with Gasteiger partial charge in [-0.1, -0.05) is 54.1 Å². The number of rotatable bonds is 8. The van der Waals surface area contributed by atoms with Crippen molar-refractivity contribution in [2.75, 3.05) is 10.6 Å². The van der Waals surface area contributed by atoms with Crippen molar-refractivity contribution in [3.05, 3.63) is 129 Å². The van der Waals surface area contributed by atoms with Crippen LogP contribution < -0.4 is 10.6 Å². The number of nitrogens with zero attached hydrogens (tertiary/aromatic N) is 1. The predicted molar refractivity (Wildman–Crippen MR) is 143 cm³/mol. The van der Waals surface area contributed by atoms with Gasteiger partial charge in [-0.3, -0.25) is 19.7 Å². The Hall–Kier alpha value is -4.14. The third kappa shape index (κ3) is 6.29. The summed E-state index contributed by atoms with van der Waals surface area (Å²) in [5.41, 5.74) is 2.15. The number of carbonyl (C=O) groups excluding carboxylic acids is 2. The van der Waals surface area contributed by atoms with E-state index in [1.54, 1.807) is 36.4 Å². The molecule has 0 bridgehead atoms. The largest absolute Gasteiger partial charge is 0.323 e. The molecule has 0 aromatic heterocycles. The van der Waals surface area contributed by atoms with Crippen LogP contribution in [0.15, 0.2) is 108 Å². The summed E-state index contributed by atoms with van der Waals surface area (Å²) in [6, 6.07) is 29.0. The third-order valence-corrected chi connectivity index (χ3v) is 6.77. The molecule has 9 heteroatoms. The highest BCUT2D eigenvalue weighted by Crippen LogP contribution is 2.37. The van der Waals surface area contributed by atoms with E-state index in [0.29, 0.717) is 22.0 Å². The van der Waals surface area contributed by atoms with Crippen molar-refractivity contribution >= 4 is 52.2 Å². The Labute approximate surface area is 216 Å². The maximum Gasteiger partial charge on any atom is 0.269 e. The number of hydrogen-bond acceptors (Lipinski definition) is 5. The van der Waals surface area contributed by atoms with Gasteiger partial charge in [0.25, 0.3) is 11.6 Å². The van der Waals surface area contributed by atoms with Gasteiger partial charge in [0.05, 0.1) is 15.6 Å². The highest BCUT2D eigenvalue weighted by Gasteiger charge is 2.23. The quantitative estimate of drug-likeness (QED) is 0.149. The average molecular weight is 518 g/mol. The van der Waals surface area contributed by atoms with E-state index in [9.17, 15) is 19.7 Å². The number of nitro benzene ring substituents is 1. The first-order valence-electron chi connectivity index (χ1n) is 10.8. The van der Waals surface area contributed by atoms with Crippen LogP contribution in [0.3, 0.4) is 0 Å². The smallest absolute Gasteiger partial charge is 0.269 e. The fourth-order valence-electron chi connectivity index (χ4n) is 3.35. The zero-order chi connectivity index (χ0) is 25.5. The van der Waals surface area contributed by atoms with E-state index in [4.69, 9.17) is 11.6 Å². The number of anilines is 2. The summed E-state index contributed by atoms with van der Waals surface area (Å²) in [4.78, 5) is 36.8. The molecule has 1 unspecified atom stereocenters. The lowest BCUT2D eigenvalue weighted by atomic mass is 10.1. The van der Waals surface area contributed by atoms with Crippen LogP contribution in [-0.2, 0) is 4.79 Å². The van der Waals surface area contributed by atoms with Gasteiger partial charge in [0.2, 0.25) is 5.91 Å². The molecule has 4 rings (SSSR count). The van der Waals surface area contributed by atoms with Crippen LogP contribution in [0.5, 0.6) is 0 Å². The standard InChI is InChI=1S/C27H20ClN3O4S/c28-23-8-4-5-9-24(23)30-27(33)25(18-6-2-1-3-7-18)36-22-16-12-20(13-17-22)29-26(32)19-10-14-21(15-11-19)31(34)35/h1-17,25H,(H,29,32)(H,30,33). The molecule has 0 aliphatic rings. The number of para-hydroxylation sites is 1. The first-order chi connectivity index (χ1) is 17.4. The molecule has 0 aliphatic heterocycles. The van der Waals surface area contributed by atoms with E-state index < -0.39 is 10.2 Å². The van der Waals surface area contributed by atoms with Gasteiger partial charge >= 0.3 is 0 Å². The van der Waals surface area contributed by atoms with E-state index in [1.807, 2.05) is 42.5 Å². The van der Waals surface area contributed by atoms with E-state index in [2.05, 4.69) is 10.6 Å². The molecule has 0 saturated heterocycles. The molecule has 2 amide bonds. The molecule has 4 aromatic rings. The summed E-state index contributed by atoms with van der Waals surface area (Å²) in [7, 11) is 0. The number of halogens is 1. The molecule has 4 aromatic carbocycles. The minimum Gasteiger partial charge on any atom is -0.323 e. The van der Waals surface area contributed by atoms with Crippen LogP contribution in [0, 0.1) is 10.1 Å². The maximum absolute atomic E-state index is 13.2. The number of nitro groups is 1. The predicted octanol–water partition coefficient (Wildman–Crippen LogP) is 6.97. The summed E-state index contributed by atoms with van der Waals surface area (Å²) in [5.74, 6) is -0.596. The van der Waals surface area contributed by atoms with Crippen LogP contribution in [-0.4, -0.2) is 16.7 Å². The van der Waals surface area contributed by atoms with Crippen molar-refractivity contribution in [2.45, 2.75) is 10.1 Å². The highest BCUT2D eigenvalue weighted by atomic mass is 35.5. The topological polar surface area (TPSA) is 101 Å². The van der Waals surface area contributed by atoms with Crippen LogP contribution in [0.1, 0.15) is 21.2 Å². The van der Waals surface area contributed by atoms with Crippen molar-refractivity contribution in [3.8, 4) is 0 Å². The van der Waals surface area contributed by atoms with Crippen molar-refractivity contribution in [2.24, 2.45) is 0 Å². The van der Waals surface area contributed by atoms with Gasteiger partial charge in [-0.05, 0) is 54.1 Å². The molecule has 0 heterocycles. The minimum absolute atomic E-state index is 0.0838. The Morgan fingerprint density at radius 1 is 0.806 bits per heavy atom. The molecule has 7 nitrogen and oxygen atoms in total. The molecule has 2 N–H and O–H groups in total. The Kier molecular flexibility index (Phi) is 7.99. The third-order valence-electron chi connectivity index (χ3n) is 5.18. The molecular formula is C27H20ClN3O4S. The zero-order valence-electron chi connectivity index (χ0n) is 18.8. The Morgan fingerprint density at radius 3 is 2.08 bits per heavy atom. The average Bonchev–Trinajstić information content (AvgIpc) is 2.90. The number of non-ortho nitro benzene ring substituents is 1. The molecule has 0 spiro atoms. The second-order valence-electron chi connectivity index (χ2n) is 7.66. The number of thioether (sulfide) groups is 1. The van der Waals surface area contributed by atoms with Crippen molar-refractivity contribution in [1.29, 1.82) is 0 Å². The molecule has 0 saturated carbocycles. The summed E-state index contributed by atoms with van der Waals surface area (Å²) >= 11 is 7.59. The van der Waals surface area contributed by atoms with Crippen molar-refractivity contribution in [3.63, 3.8) is 0 Å². The Balaban J connectivity index is 1.47. The fraction of sp³-hybridized carbons (Fsp3) is 0.0370. The summed E-state index contributed by atoms with van der Waals surface area (Å²) in [6.45, 7) is 0. The summed E-state index contributed by atoms with van der Waals surface area (Å²) in [5, 5.41) is 16.4. The van der Waals surface area contributed by atoms with E-state index >= 15 is 0 Å². The van der Waals surface area contributed by atoms with Gasteiger partial charge in [0.15, 0.2) is 0 Å². The number of amides is 2. The first kappa shape index (κ1) is 25.0. The monoisotopic (exact) mass is 517 g/mol. The van der Waals surface area contributed by atoms with Crippen molar-refractivity contribution in [1.82, 2.24) is 0 Å². The molecular weight excluding hydrogens is 498 g/mol. The van der Waals surface area contributed by atoms with Gasteiger partial charge in [-0.15, -0.1) is 11.8 Å². The second kappa shape index (κ2) is 11.5. The van der Waals surface area contributed by atoms with Gasteiger partial charge in [-0.2, -0.15) is 0 Å². The lowest BCUT2D eigenvalue weighted by Gasteiger charge is -2.18. The van der Waals surface area contributed by atoms with Crippen LogP contribution >= 0.6 is 23.4 Å². The van der Waals surface area contributed by atoms with Gasteiger partial charge in [0.1, 0.15) is 5.25 Å².